The highest BCUT2D eigenvalue weighted by molar-refractivity contribution is 7.89. The first kappa shape index (κ1) is 19.7. The Morgan fingerprint density at radius 3 is 2.57 bits per heavy atom. The molecule has 1 aliphatic heterocycles. The molecule has 1 atom stereocenters. The van der Waals surface area contributed by atoms with Crippen LogP contribution in [0.15, 0.2) is 23.1 Å². The number of nitrogens with one attached hydrogen (secondary N) is 2. The van der Waals surface area contributed by atoms with Gasteiger partial charge in [-0.2, -0.15) is 18.4 Å². The number of alkyl halides is 3. The Kier molecular flexibility index (Phi) is 6.41. The Hall–Kier alpha value is -1.34. The summed E-state index contributed by atoms with van der Waals surface area (Å²) in [6.45, 7) is 1.22. The van der Waals surface area contributed by atoms with Crippen molar-refractivity contribution < 1.29 is 21.6 Å². The molecule has 1 aromatic carbocycles. The van der Waals surface area contributed by atoms with Crippen molar-refractivity contribution in [2.45, 2.75) is 30.0 Å². The molecule has 1 aromatic rings. The van der Waals surface area contributed by atoms with Crippen LogP contribution in [0.5, 0.6) is 0 Å². The molecule has 23 heavy (non-hydrogen) atoms. The van der Waals surface area contributed by atoms with E-state index in [4.69, 9.17) is 5.26 Å². The molecule has 0 saturated carbocycles. The molecule has 1 aliphatic rings. The minimum absolute atomic E-state index is 0. The number of piperidine rings is 1. The summed E-state index contributed by atoms with van der Waals surface area (Å²) in [5.74, 6) is 0. The zero-order valence-electron chi connectivity index (χ0n) is 11.9. The lowest BCUT2D eigenvalue weighted by molar-refractivity contribution is -0.137. The maximum atomic E-state index is 12.9. The molecular formula is C13H15ClF3N3O2S. The number of halogens is 4. The van der Waals surface area contributed by atoms with Gasteiger partial charge in [-0.15, -0.1) is 12.4 Å². The molecule has 1 unspecified atom stereocenters. The van der Waals surface area contributed by atoms with E-state index in [-0.39, 0.29) is 18.4 Å². The van der Waals surface area contributed by atoms with E-state index in [1.54, 1.807) is 0 Å². The largest absolute Gasteiger partial charge is 0.417 e. The quantitative estimate of drug-likeness (QED) is 0.854. The molecule has 5 nitrogen and oxygen atoms in total. The van der Waals surface area contributed by atoms with Gasteiger partial charge in [-0.05, 0) is 37.6 Å². The van der Waals surface area contributed by atoms with Crippen molar-refractivity contribution in [3.63, 3.8) is 0 Å². The zero-order valence-corrected chi connectivity index (χ0v) is 13.5. The SMILES string of the molecule is Cl.N#Cc1ccc(S(=O)(=O)NC2CCCNC2)cc1C(F)(F)F. The van der Waals surface area contributed by atoms with E-state index in [1.165, 1.54) is 6.07 Å². The molecule has 10 heteroatoms. The molecule has 0 bridgehead atoms. The highest BCUT2D eigenvalue weighted by atomic mass is 35.5. The van der Waals surface area contributed by atoms with Gasteiger partial charge < -0.3 is 5.32 Å². The molecule has 0 aliphatic carbocycles. The lowest BCUT2D eigenvalue weighted by Crippen LogP contribution is -2.45. The average molecular weight is 370 g/mol. The second kappa shape index (κ2) is 7.49. The van der Waals surface area contributed by atoms with Crippen LogP contribution in [0, 0.1) is 11.3 Å². The number of hydrogen-bond acceptors (Lipinski definition) is 4. The fraction of sp³-hybridized carbons (Fsp3) is 0.462. The predicted octanol–water partition coefficient (Wildman–Crippen LogP) is 2.03. The van der Waals surface area contributed by atoms with Crippen LogP contribution in [0.2, 0.25) is 0 Å². The number of benzene rings is 1. The Bertz CT molecular complexity index is 695. The van der Waals surface area contributed by atoms with Crippen molar-refractivity contribution in [1.82, 2.24) is 10.0 Å². The molecule has 128 valence electrons. The first-order chi connectivity index (χ1) is 10.2. The smallest absolute Gasteiger partial charge is 0.315 e. The molecule has 1 saturated heterocycles. The molecule has 0 spiro atoms. The number of nitriles is 1. The highest BCUT2D eigenvalue weighted by Gasteiger charge is 2.35. The maximum absolute atomic E-state index is 12.9. The Balaban J connectivity index is 0.00000264. The van der Waals surface area contributed by atoms with Gasteiger partial charge in [0, 0.05) is 12.6 Å². The Labute approximate surface area is 138 Å². The summed E-state index contributed by atoms with van der Waals surface area (Å²) in [6, 6.07) is 3.43. The van der Waals surface area contributed by atoms with Crippen LogP contribution in [0.4, 0.5) is 13.2 Å². The summed E-state index contributed by atoms with van der Waals surface area (Å²) < 4.78 is 65.4. The molecule has 0 radical (unpaired) electrons. The lowest BCUT2D eigenvalue weighted by Gasteiger charge is -2.23. The highest BCUT2D eigenvalue weighted by Crippen LogP contribution is 2.33. The van der Waals surface area contributed by atoms with Crippen molar-refractivity contribution in [3.8, 4) is 6.07 Å². The monoisotopic (exact) mass is 369 g/mol. The number of rotatable bonds is 3. The molecule has 2 N–H and O–H groups in total. The Morgan fingerprint density at radius 1 is 1.35 bits per heavy atom. The van der Waals surface area contributed by atoms with Gasteiger partial charge in [0.15, 0.2) is 0 Å². The van der Waals surface area contributed by atoms with Crippen molar-refractivity contribution in [2.75, 3.05) is 13.1 Å². The minimum atomic E-state index is -4.79. The summed E-state index contributed by atoms with van der Waals surface area (Å²) in [4.78, 5) is -0.496. The van der Waals surface area contributed by atoms with Crippen LogP contribution < -0.4 is 10.0 Å². The van der Waals surface area contributed by atoms with Crippen LogP contribution in [0.3, 0.4) is 0 Å². The minimum Gasteiger partial charge on any atom is -0.315 e. The first-order valence-electron chi connectivity index (χ1n) is 6.58. The van der Waals surface area contributed by atoms with Gasteiger partial charge in [-0.3, -0.25) is 0 Å². The van der Waals surface area contributed by atoms with Crippen molar-refractivity contribution in [3.05, 3.63) is 29.3 Å². The summed E-state index contributed by atoms with van der Waals surface area (Å²) >= 11 is 0. The van der Waals surface area contributed by atoms with Crippen LogP contribution in [-0.2, 0) is 16.2 Å². The van der Waals surface area contributed by atoms with Crippen LogP contribution in [0.1, 0.15) is 24.0 Å². The van der Waals surface area contributed by atoms with Gasteiger partial charge in [-0.25, -0.2) is 13.1 Å². The molecular weight excluding hydrogens is 355 g/mol. The van der Waals surface area contributed by atoms with Gasteiger partial charge in [0.1, 0.15) is 0 Å². The predicted molar refractivity (Wildman–Crippen MR) is 79.6 cm³/mol. The van der Waals surface area contributed by atoms with E-state index in [0.717, 1.165) is 25.1 Å². The fourth-order valence-corrected chi connectivity index (χ4v) is 3.56. The summed E-state index contributed by atoms with van der Waals surface area (Å²) in [7, 11) is -4.07. The lowest BCUT2D eigenvalue weighted by atomic mass is 10.1. The Morgan fingerprint density at radius 2 is 2.04 bits per heavy atom. The van der Waals surface area contributed by atoms with Crippen LogP contribution >= 0.6 is 12.4 Å². The van der Waals surface area contributed by atoms with Crippen molar-refractivity contribution in [1.29, 1.82) is 5.26 Å². The van der Waals surface area contributed by atoms with Crippen LogP contribution in [-0.4, -0.2) is 27.5 Å². The standard InChI is InChI=1S/C13H14F3N3O2S.ClH/c14-13(15,16)12-6-11(4-3-9(12)7-17)22(20,21)19-10-2-1-5-18-8-10;/h3-4,6,10,18-19H,1-2,5,8H2;1H. The molecule has 0 aromatic heterocycles. The van der Waals surface area contributed by atoms with E-state index in [9.17, 15) is 21.6 Å². The molecule has 1 heterocycles. The van der Waals surface area contributed by atoms with Crippen molar-refractivity contribution >= 4 is 22.4 Å². The summed E-state index contributed by atoms with van der Waals surface area (Å²) in [5.41, 5.74) is -1.86. The third-order valence-corrected chi connectivity index (χ3v) is 4.86. The first-order valence-corrected chi connectivity index (χ1v) is 8.07. The van der Waals surface area contributed by atoms with E-state index < -0.39 is 32.2 Å². The molecule has 0 amide bonds. The van der Waals surface area contributed by atoms with E-state index in [2.05, 4.69) is 10.0 Å². The van der Waals surface area contributed by atoms with E-state index in [1.807, 2.05) is 0 Å². The normalized spacial score (nSPS) is 18.8. The summed E-state index contributed by atoms with van der Waals surface area (Å²) in [6.07, 6.45) is -3.38. The topological polar surface area (TPSA) is 82.0 Å². The number of sulfonamides is 1. The third-order valence-electron chi connectivity index (χ3n) is 3.35. The van der Waals surface area contributed by atoms with E-state index in [0.29, 0.717) is 19.0 Å². The van der Waals surface area contributed by atoms with Gasteiger partial charge in [0.05, 0.1) is 22.1 Å². The van der Waals surface area contributed by atoms with Crippen molar-refractivity contribution in [2.24, 2.45) is 0 Å². The second-order valence-electron chi connectivity index (χ2n) is 4.98. The van der Waals surface area contributed by atoms with Gasteiger partial charge >= 0.3 is 6.18 Å². The summed E-state index contributed by atoms with van der Waals surface area (Å²) in [5, 5.41) is 11.7. The van der Waals surface area contributed by atoms with Crippen LogP contribution in [0.25, 0.3) is 0 Å². The fourth-order valence-electron chi connectivity index (χ4n) is 2.26. The maximum Gasteiger partial charge on any atom is 0.417 e. The average Bonchev–Trinajstić information content (AvgIpc) is 2.46. The molecule has 1 fully saturated rings. The number of nitrogens with zero attached hydrogens (tertiary/aromatic N) is 1. The molecule has 2 rings (SSSR count). The number of hydrogen-bond donors (Lipinski definition) is 2. The second-order valence-corrected chi connectivity index (χ2v) is 6.70. The van der Waals surface area contributed by atoms with Gasteiger partial charge in [-0.1, -0.05) is 0 Å². The van der Waals surface area contributed by atoms with Gasteiger partial charge in [0.25, 0.3) is 0 Å². The van der Waals surface area contributed by atoms with E-state index >= 15 is 0 Å². The zero-order chi connectivity index (χ0) is 16.4. The third kappa shape index (κ3) is 4.81. The van der Waals surface area contributed by atoms with Gasteiger partial charge in [0.2, 0.25) is 10.0 Å².